The molecular formula is C15H16FN3O2. The van der Waals surface area contributed by atoms with Gasteiger partial charge in [0, 0.05) is 18.7 Å². The van der Waals surface area contributed by atoms with E-state index in [0.29, 0.717) is 24.3 Å². The van der Waals surface area contributed by atoms with Crippen molar-refractivity contribution in [3.05, 3.63) is 42.3 Å². The molecule has 0 N–H and O–H groups in total. The Labute approximate surface area is 121 Å². The zero-order valence-electron chi connectivity index (χ0n) is 11.5. The van der Waals surface area contributed by atoms with Gasteiger partial charge in [-0.25, -0.2) is 9.18 Å². The van der Waals surface area contributed by atoms with E-state index < -0.39 is 6.09 Å². The van der Waals surface area contributed by atoms with E-state index in [-0.39, 0.29) is 5.82 Å². The van der Waals surface area contributed by atoms with Crippen molar-refractivity contribution in [3.8, 4) is 11.3 Å². The molecule has 2 aromatic rings. The normalized spacial score (nSPS) is 15.0. The number of amides is 1. The first-order valence-corrected chi connectivity index (χ1v) is 7.02. The second-order valence-corrected chi connectivity index (χ2v) is 4.99. The van der Waals surface area contributed by atoms with Crippen molar-refractivity contribution in [1.29, 1.82) is 0 Å². The van der Waals surface area contributed by atoms with Gasteiger partial charge in [-0.05, 0) is 37.5 Å². The second kappa shape index (κ2) is 5.95. The summed E-state index contributed by atoms with van der Waals surface area (Å²) in [5.74, 6) is -0.356. The minimum absolute atomic E-state index is 0.356. The average Bonchev–Trinajstić information content (AvgIpc) is 2.97. The van der Waals surface area contributed by atoms with Crippen molar-refractivity contribution < 1.29 is 14.0 Å². The van der Waals surface area contributed by atoms with Crippen LogP contribution >= 0.6 is 0 Å². The van der Waals surface area contributed by atoms with Crippen LogP contribution in [0, 0.1) is 5.82 Å². The molecule has 1 aliphatic rings. The van der Waals surface area contributed by atoms with Gasteiger partial charge < -0.3 is 4.90 Å². The van der Waals surface area contributed by atoms with Crippen LogP contribution in [0.25, 0.3) is 11.3 Å². The molecule has 5 nitrogen and oxygen atoms in total. The van der Waals surface area contributed by atoms with Crippen molar-refractivity contribution in [2.24, 2.45) is 0 Å². The van der Waals surface area contributed by atoms with E-state index in [0.717, 1.165) is 24.1 Å². The monoisotopic (exact) mass is 289 g/mol. The van der Waals surface area contributed by atoms with Crippen LogP contribution in [-0.4, -0.2) is 34.0 Å². The molecule has 1 aromatic carbocycles. The van der Waals surface area contributed by atoms with Gasteiger partial charge in [-0.2, -0.15) is 0 Å². The fourth-order valence-corrected chi connectivity index (χ4v) is 2.38. The first-order chi connectivity index (χ1) is 10.2. The molecule has 1 amide bonds. The number of aromatic nitrogens is 2. The lowest BCUT2D eigenvalue weighted by Crippen LogP contribution is -2.40. The van der Waals surface area contributed by atoms with Crippen LogP contribution in [0.3, 0.4) is 0 Å². The van der Waals surface area contributed by atoms with E-state index in [9.17, 15) is 9.18 Å². The Morgan fingerprint density at radius 2 is 1.90 bits per heavy atom. The highest BCUT2D eigenvalue weighted by atomic mass is 19.1. The minimum atomic E-state index is -0.419. The predicted octanol–water partition coefficient (Wildman–Crippen LogP) is 2.72. The Kier molecular flexibility index (Phi) is 3.85. The van der Waals surface area contributed by atoms with Gasteiger partial charge in [0.15, 0.2) is 0 Å². The van der Waals surface area contributed by atoms with Gasteiger partial charge in [0.05, 0.1) is 11.9 Å². The summed E-state index contributed by atoms with van der Waals surface area (Å²) in [5.41, 5.74) is 0.810. The molecule has 0 radical (unpaired) electrons. The minimum Gasteiger partial charge on any atom is -0.306 e. The average molecular weight is 289 g/mol. The number of carbonyl (C=O) groups is 1. The number of rotatable bonds is 2. The summed E-state index contributed by atoms with van der Waals surface area (Å²) >= 11 is 0. The summed E-state index contributed by atoms with van der Waals surface area (Å²) in [6.45, 7) is 1.42. The Hall–Kier alpha value is -2.37. The third-order valence-electron chi connectivity index (χ3n) is 3.50. The van der Waals surface area contributed by atoms with Crippen LogP contribution in [0.4, 0.5) is 9.18 Å². The van der Waals surface area contributed by atoms with Gasteiger partial charge in [0.2, 0.25) is 0 Å². The lowest BCUT2D eigenvalue weighted by atomic mass is 10.1. The van der Waals surface area contributed by atoms with Gasteiger partial charge in [-0.15, -0.1) is 5.10 Å². The maximum absolute atomic E-state index is 13.7. The van der Waals surface area contributed by atoms with E-state index in [1.54, 1.807) is 29.2 Å². The van der Waals surface area contributed by atoms with E-state index in [2.05, 4.69) is 5.10 Å². The molecular weight excluding hydrogens is 273 g/mol. The van der Waals surface area contributed by atoms with E-state index in [1.807, 2.05) is 0 Å². The smallest absolute Gasteiger partial charge is 0.306 e. The molecule has 0 spiro atoms. The number of halogens is 1. The van der Waals surface area contributed by atoms with Crippen molar-refractivity contribution in [1.82, 2.24) is 14.8 Å². The van der Waals surface area contributed by atoms with Gasteiger partial charge >= 0.3 is 6.09 Å². The Morgan fingerprint density at radius 3 is 2.67 bits per heavy atom. The van der Waals surface area contributed by atoms with E-state index in [4.69, 9.17) is 4.84 Å². The fourth-order valence-electron chi connectivity index (χ4n) is 2.38. The summed E-state index contributed by atoms with van der Waals surface area (Å²) in [6.07, 6.45) is 4.22. The number of nitrogens with zero attached hydrogens (tertiary/aromatic N) is 3. The molecule has 110 valence electrons. The van der Waals surface area contributed by atoms with E-state index in [1.165, 1.54) is 12.3 Å². The van der Waals surface area contributed by atoms with Crippen LogP contribution in [-0.2, 0) is 0 Å². The number of piperidine rings is 1. The third-order valence-corrected chi connectivity index (χ3v) is 3.50. The van der Waals surface area contributed by atoms with Crippen LogP contribution in [0.2, 0.25) is 0 Å². The van der Waals surface area contributed by atoms with Crippen LogP contribution in [0.15, 0.2) is 36.5 Å². The van der Waals surface area contributed by atoms with E-state index >= 15 is 0 Å². The van der Waals surface area contributed by atoms with Crippen molar-refractivity contribution >= 4 is 6.09 Å². The SMILES string of the molecule is O=C(On1ccc(-c2ccccc2F)n1)N1CCCCC1. The number of likely N-dealkylation sites (tertiary alicyclic amines) is 1. The number of carbonyl (C=O) groups excluding carboxylic acids is 1. The Morgan fingerprint density at radius 1 is 1.14 bits per heavy atom. The molecule has 0 bridgehead atoms. The zero-order valence-corrected chi connectivity index (χ0v) is 11.5. The highest BCUT2D eigenvalue weighted by Gasteiger charge is 2.19. The number of benzene rings is 1. The summed E-state index contributed by atoms with van der Waals surface area (Å²) in [7, 11) is 0. The van der Waals surface area contributed by atoms with Gasteiger partial charge in [-0.1, -0.05) is 17.0 Å². The summed E-state index contributed by atoms with van der Waals surface area (Å²) in [5, 5.41) is 4.08. The molecule has 0 aliphatic carbocycles. The number of hydrogen-bond donors (Lipinski definition) is 0. The molecule has 1 saturated heterocycles. The Bertz CT molecular complexity index is 635. The second-order valence-electron chi connectivity index (χ2n) is 4.99. The molecule has 1 aliphatic heterocycles. The summed E-state index contributed by atoms with van der Waals surface area (Å²) in [6, 6.07) is 7.97. The van der Waals surface area contributed by atoms with Gasteiger partial charge in [0.1, 0.15) is 5.82 Å². The molecule has 3 rings (SSSR count). The highest BCUT2D eigenvalue weighted by Crippen LogP contribution is 2.20. The molecule has 21 heavy (non-hydrogen) atoms. The first kappa shape index (κ1) is 13.6. The zero-order chi connectivity index (χ0) is 14.7. The van der Waals surface area contributed by atoms with Gasteiger partial charge in [0.25, 0.3) is 0 Å². The number of hydrogen-bond acceptors (Lipinski definition) is 3. The molecule has 0 atom stereocenters. The van der Waals surface area contributed by atoms with Crippen molar-refractivity contribution in [2.45, 2.75) is 19.3 Å². The standard InChI is InChI=1S/C15H16FN3O2/c16-13-7-3-2-6-12(13)14-8-11-19(17-14)21-15(20)18-9-4-1-5-10-18/h2-3,6-8,11H,1,4-5,9-10H2. The third kappa shape index (κ3) is 3.04. The van der Waals surface area contributed by atoms with Crippen LogP contribution in [0.1, 0.15) is 19.3 Å². The molecule has 1 aromatic heterocycles. The quantitative estimate of drug-likeness (QED) is 0.854. The largest absolute Gasteiger partial charge is 0.435 e. The first-order valence-electron chi connectivity index (χ1n) is 7.02. The topological polar surface area (TPSA) is 47.4 Å². The van der Waals surface area contributed by atoms with Gasteiger partial charge in [-0.3, -0.25) is 4.84 Å². The molecule has 2 heterocycles. The predicted molar refractivity (Wildman–Crippen MR) is 75.0 cm³/mol. The maximum atomic E-state index is 13.7. The fraction of sp³-hybridized carbons (Fsp3) is 0.333. The summed E-state index contributed by atoms with van der Waals surface area (Å²) in [4.78, 5) is 19.9. The van der Waals surface area contributed by atoms with Crippen molar-refractivity contribution in [2.75, 3.05) is 13.1 Å². The summed E-state index contributed by atoms with van der Waals surface area (Å²) < 4.78 is 13.7. The lowest BCUT2D eigenvalue weighted by molar-refractivity contribution is 0.0733. The Balaban J connectivity index is 1.70. The molecule has 0 unspecified atom stereocenters. The molecule has 1 fully saturated rings. The highest BCUT2D eigenvalue weighted by molar-refractivity contribution is 5.68. The molecule has 6 heteroatoms. The maximum Gasteiger partial charge on any atom is 0.435 e. The van der Waals surface area contributed by atoms with Crippen molar-refractivity contribution in [3.63, 3.8) is 0 Å². The van der Waals surface area contributed by atoms with Crippen LogP contribution < -0.4 is 4.84 Å². The molecule has 0 saturated carbocycles. The lowest BCUT2D eigenvalue weighted by Gasteiger charge is -2.25. The van der Waals surface area contributed by atoms with Crippen LogP contribution in [0.5, 0.6) is 0 Å².